The highest BCUT2D eigenvalue weighted by Crippen LogP contribution is 2.32. The van der Waals surface area contributed by atoms with Gasteiger partial charge in [0.25, 0.3) is 5.91 Å². The molecule has 0 aliphatic heterocycles. The lowest BCUT2D eigenvalue weighted by atomic mass is 10.1. The van der Waals surface area contributed by atoms with Gasteiger partial charge >= 0.3 is 0 Å². The average Bonchev–Trinajstić information content (AvgIpc) is 3.10. The highest BCUT2D eigenvalue weighted by molar-refractivity contribution is 7.22. The van der Waals surface area contributed by atoms with Crippen LogP contribution in [0.4, 0.5) is 5.13 Å². The molecule has 4 aromatic rings. The van der Waals surface area contributed by atoms with E-state index < -0.39 is 0 Å². The fraction of sp³-hybridized carbons (Fsp3) is 0.0952. The molecule has 0 saturated carbocycles. The van der Waals surface area contributed by atoms with Crippen LogP contribution in [0.15, 0.2) is 67.0 Å². The Morgan fingerprint density at radius 1 is 1.15 bits per heavy atom. The molecule has 0 spiro atoms. The highest BCUT2D eigenvalue weighted by atomic mass is 35.5. The van der Waals surface area contributed by atoms with Gasteiger partial charge in [0.05, 0.1) is 16.8 Å². The van der Waals surface area contributed by atoms with Gasteiger partial charge in [0.15, 0.2) is 5.13 Å². The number of amides is 1. The van der Waals surface area contributed by atoms with Crippen LogP contribution in [0.2, 0.25) is 5.02 Å². The highest BCUT2D eigenvalue weighted by Gasteiger charge is 2.22. The van der Waals surface area contributed by atoms with E-state index >= 15 is 0 Å². The van der Waals surface area contributed by atoms with Crippen LogP contribution in [0.25, 0.3) is 10.2 Å². The summed E-state index contributed by atoms with van der Waals surface area (Å²) in [6.45, 7) is 2.40. The molecule has 4 nitrogen and oxygen atoms in total. The average molecular weight is 394 g/mol. The second kappa shape index (κ2) is 7.47. The number of hydrogen-bond acceptors (Lipinski definition) is 4. The molecule has 0 fully saturated rings. The lowest BCUT2D eigenvalue weighted by Gasteiger charge is -2.20. The third-order valence-corrected chi connectivity index (χ3v) is 5.45. The minimum absolute atomic E-state index is 0.0935. The van der Waals surface area contributed by atoms with Crippen LogP contribution in [0.3, 0.4) is 0 Å². The number of carbonyl (C=O) groups excluding carboxylic acids is 1. The first-order chi connectivity index (χ1) is 13.1. The minimum Gasteiger partial charge on any atom is -0.279 e. The van der Waals surface area contributed by atoms with E-state index in [1.54, 1.807) is 23.4 Å². The quantitative estimate of drug-likeness (QED) is 0.460. The number of anilines is 1. The molecule has 0 aliphatic rings. The molecule has 0 saturated heterocycles. The van der Waals surface area contributed by atoms with Gasteiger partial charge in [-0.25, -0.2) is 4.98 Å². The molecule has 134 valence electrons. The van der Waals surface area contributed by atoms with Gasteiger partial charge in [-0.1, -0.05) is 46.7 Å². The number of rotatable bonds is 4. The van der Waals surface area contributed by atoms with Crippen molar-refractivity contribution in [3.63, 3.8) is 0 Å². The smallest absolute Gasteiger partial charge is 0.260 e. The summed E-state index contributed by atoms with van der Waals surface area (Å²) in [5, 5.41) is 1.29. The first-order valence-electron chi connectivity index (χ1n) is 8.44. The van der Waals surface area contributed by atoms with Gasteiger partial charge < -0.3 is 0 Å². The third kappa shape index (κ3) is 3.84. The lowest BCUT2D eigenvalue weighted by Crippen LogP contribution is -2.30. The number of aromatic nitrogens is 2. The van der Waals surface area contributed by atoms with E-state index in [4.69, 9.17) is 11.6 Å². The molecule has 1 amide bonds. The van der Waals surface area contributed by atoms with Crippen LogP contribution >= 0.6 is 22.9 Å². The minimum atomic E-state index is -0.0935. The first-order valence-corrected chi connectivity index (χ1v) is 9.63. The summed E-state index contributed by atoms with van der Waals surface area (Å²) in [5.41, 5.74) is 3.50. The standard InChI is InChI=1S/C21H16ClN3OS/c1-14-4-6-16(7-5-14)20(26)25(13-15-3-2-10-23-12-15)21-24-18-9-8-17(22)11-19(18)27-21/h2-12H,13H2,1H3. The molecule has 4 rings (SSSR count). The van der Waals surface area contributed by atoms with E-state index in [1.807, 2.05) is 55.5 Å². The second-order valence-electron chi connectivity index (χ2n) is 6.23. The van der Waals surface area contributed by atoms with Crippen LogP contribution in [-0.2, 0) is 6.54 Å². The van der Waals surface area contributed by atoms with E-state index in [0.717, 1.165) is 21.3 Å². The predicted octanol–water partition coefficient (Wildman–Crippen LogP) is 5.50. The Balaban J connectivity index is 1.76. The van der Waals surface area contributed by atoms with E-state index in [2.05, 4.69) is 9.97 Å². The van der Waals surface area contributed by atoms with Gasteiger partial charge in [0.2, 0.25) is 0 Å². The van der Waals surface area contributed by atoms with Crippen molar-refractivity contribution >= 4 is 44.2 Å². The number of carbonyl (C=O) groups is 1. The Morgan fingerprint density at radius 3 is 2.70 bits per heavy atom. The Labute approximate surface area is 166 Å². The number of hydrogen-bond donors (Lipinski definition) is 0. The normalized spacial score (nSPS) is 10.9. The van der Waals surface area contributed by atoms with Crippen LogP contribution in [0.1, 0.15) is 21.5 Å². The monoisotopic (exact) mass is 393 g/mol. The van der Waals surface area contributed by atoms with Crippen molar-refractivity contribution in [2.75, 3.05) is 4.90 Å². The molecule has 0 unspecified atom stereocenters. The molecule has 2 heterocycles. The maximum Gasteiger partial charge on any atom is 0.260 e. The van der Waals surface area contributed by atoms with Gasteiger partial charge in [-0.05, 0) is 48.9 Å². The van der Waals surface area contributed by atoms with Crippen molar-refractivity contribution in [3.8, 4) is 0 Å². The van der Waals surface area contributed by atoms with Gasteiger partial charge in [-0.15, -0.1) is 0 Å². The lowest BCUT2D eigenvalue weighted by molar-refractivity contribution is 0.0985. The molecule has 6 heteroatoms. The van der Waals surface area contributed by atoms with Crippen molar-refractivity contribution in [3.05, 3.63) is 88.7 Å². The Bertz CT molecular complexity index is 1090. The Kier molecular flexibility index (Phi) is 4.88. The second-order valence-corrected chi connectivity index (χ2v) is 7.67. The van der Waals surface area contributed by atoms with Crippen LogP contribution in [0.5, 0.6) is 0 Å². The van der Waals surface area contributed by atoms with E-state index in [1.165, 1.54) is 11.3 Å². The summed E-state index contributed by atoms with van der Waals surface area (Å²) in [6.07, 6.45) is 3.48. The Morgan fingerprint density at radius 2 is 1.96 bits per heavy atom. The number of thiazole rings is 1. The SMILES string of the molecule is Cc1ccc(C(=O)N(Cc2cccnc2)c2nc3ccc(Cl)cc3s2)cc1. The molecular weight excluding hydrogens is 378 g/mol. The molecule has 0 N–H and O–H groups in total. The molecule has 0 bridgehead atoms. The molecule has 0 aliphatic carbocycles. The van der Waals surface area contributed by atoms with Crippen LogP contribution < -0.4 is 4.90 Å². The Hall–Kier alpha value is -2.76. The molecule has 2 aromatic carbocycles. The number of fused-ring (bicyclic) bond motifs is 1. The number of benzene rings is 2. The van der Waals surface area contributed by atoms with Crippen molar-refractivity contribution in [2.45, 2.75) is 13.5 Å². The topological polar surface area (TPSA) is 46.1 Å². The third-order valence-electron chi connectivity index (χ3n) is 4.18. The maximum absolute atomic E-state index is 13.3. The van der Waals surface area contributed by atoms with E-state index in [-0.39, 0.29) is 5.91 Å². The van der Waals surface area contributed by atoms with Gasteiger partial charge in [-0.2, -0.15) is 0 Å². The van der Waals surface area contributed by atoms with E-state index in [9.17, 15) is 4.79 Å². The number of nitrogens with zero attached hydrogens (tertiary/aromatic N) is 3. The number of pyridine rings is 1. The maximum atomic E-state index is 13.3. The van der Waals surface area contributed by atoms with Crippen molar-refractivity contribution in [1.82, 2.24) is 9.97 Å². The first kappa shape index (κ1) is 17.6. The summed E-state index contributed by atoms with van der Waals surface area (Å²) in [7, 11) is 0. The largest absolute Gasteiger partial charge is 0.279 e. The summed E-state index contributed by atoms with van der Waals surface area (Å²) < 4.78 is 0.949. The number of halogens is 1. The summed E-state index contributed by atoms with van der Waals surface area (Å²) in [5.74, 6) is -0.0935. The molecule has 0 radical (unpaired) electrons. The van der Waals surface area contributed by atoms with Crippen LogP contribution in [-0.4, -0.2) is 15.9 Å². The van der Waals surface area contributed by atoms with Gasteiger partial charge in [-0.3, -0.25) is 14.7 Å². The van der Waals surface area contributed by atoms with Gasteiger partial charge in [0, 0.05) is 23.0 Å². The van der Waals surface area contributed by atoms with E-state index in [0.29, 0.717) is 22.3 Å². The van der Waals surface area contributed by atoms with Crippen molar-refractivity contribution in [1.29, 1.82) is 0 Å². The zero-order valence-electron chi connectivity index (χ0n) is 14.6. The summed E-state index contributed by atoms with van der Waals surface area (Å²) >= 11 is 7.55. The zero-order valence-corrected chi connectivity index (χ0v) is 16.2. The van der Waals surface area contributed by atoms with Crippen molar-refractivity contribution in [2.24, 2.45) is 0 Å². The molecule has 27 heavy (non-hydrogen) atoms. The zero-order chi connectivity index (χ0) is 18.8. The van der Waals surface area contributed by atoms with Crippen molar-refractivity contribution < 1.29 is 4.79 Å². The van der Waals surface area contributed by atoms with Crippen LogP contribution in [0, 0.1) is 6.92 Å². The van der Waals surface area contributed by atoms with Gasteiger partial charge in [0.1, 0.15) is 0 Å². The number of aryl methyl sites for hydroxylation is 1. The fourth-order valence-electron chi connectivity index (χ4n) is 2.75. The fourth-order valence-corrected chi connectivity index (χ4v) is 3.99. The predicted molar refractivity (Wildman–Crippen MR) is 111 cm³/mol. The molecule has 0 atom stereocenters. The summed E-state index contributed by atoms with van der Waals surface area (Å²) in [6, 6.07) is 16.9. The molecular formula is C21H16ClN3OS. The summed E-state index contributed by atoms with van der Waals surface area (Å²) in [4.78, 5) is 23.8. The molecule has 2 aromatic heterocycles.